The zero-order chi connectivity index (χ0) is 16.1. The van der Waals surface area contributed by atoms with E-state index in [4.69, 9.17) is 14.9 Å². The van der Waals surface area contributed by atoms with E-state index in [2.05, 4.69) is 0 Å². The zero-order valence-corrected chi connectivity index (χ0v) is 11.3. The number of benzene rings is 2. The number of hydrogen-bond donors (Lipinski definition) is 2. The molecule has 0 aliphatic rings. The molecule has 0 fully saturated rings. The molecule has 2 aromatic rings. The van der Waals surface area contributed by atoms with Crippen LogP contribution >= 0.6 is 0 Å². The van der Waals surface area contributed by atoms with Crippen LogP contribution in [0.1, 0.15) is 10.4 Å². The summed E-state index contributed by atoms with van der Waals surface area (Å²) in [5.41, 5.74) is -0.0387. The lowest BCUT2D eigenvalue weighted by Crippen LogP contribution is -2.31. The third-order valence-corrected chi connectivity index (χ3v) is 2.85. The molecule has 0 saturated carbocycles. The summed E-state index contributed by atoms with van der Waals surface area (Å²) >= 11 is 0. The van der Waals surface area contributed by atoms with Crippen LogP contribution in [0.5, 0.6) is 11.5 Å². The second-order valence-electron chi connectivity index (χ2n) is 4.42. The van der Waals surface area contributed by atoms with Crippen LogP contribution in [0.4, 0.5) is 0 Å². The molecule has 0 aliphatic heterocycles. The lowest BCUT2D eigenvalue weighted by molar-refractivity contribution is -0.151. The Morgan fingerprint density at radius 2 is 1.41 bits per heavy atom. The topological polar surface area (TPSA) is 101 Å². The fourth-order valence-corrected chi connectivity index (χ4v) is 1.83. The second kappa shape index (κ2) is 6.53. The highest BCUT2D eigenvalue weighted by Gasteiger charge is 2.34. The first-order valence-electron chi connectivity index (χ1n) is 6.32. The highest BCUT2D eigenvalue weighted by Crippen LogP contribution is 2.23. The van der Waals surface area contributed by atoms with Crippen LogP contribution in [-0.4, -0.2) is 27.9 Å². The van der Waals surface area contributed by atoms with E-state index in [1.54, 1.807) is 30.3 Å². The Hall–Kier alpha value is -3.15. The summed E-state index contributed by atoms with van der Waals surface area (Å²) in [6.07, 6.45) is 0. The molecule has 0 heterocycles. The van der Waals surface area contributed by atoms with Crippen molar-refractivity contribution in [1.29, 1.82) is 0 Å². The van der Waals surface area contributed by atoms with Gasteiger partial charge in [0.1, 0.15) is 11.5 Å². The average molecular weight is 300 g/mol. The number of hydrogen-bond acceptors (Lipinski definition) is 4. The van der Waals surface area contributed by atoms with Gasteiger partial charge in [0.25, 0.3) is 0 Å². The lowest BCUT2D eigenvalue weighted by atomic mass is 9.98. The molecule has 0 amide bonds. The monoisotopic (exact) mass is 300 g/mol. The van der Waals surface area contributed by atoms with E-state index in [1.807, 2.05) is 6.07 Å². The van der Waals surface area contributed by atoms with Crippen LogP contribution < -0.4 is 4.74 Å². The number of Topliss-reactive ketones (excluding diaryl/α,β-unsaturated/α-hetero) is 1. The summed E-state index contributed by atoms with van der Waals surface area (Å²) in [7, 11) is 0. The normalized spacial score (nSPS) is 10.2. The van der Waals surface area contributed by atoms with Gasteiger partial charge in [0.05, 0.1) is 0 Å². The van der Waals surface area contributed by atoms with Crippen molar-refractivity contribution in [1.82, 2.24) is 0 Å². The predicted octanol–water partition coefficient (Wildman–Crippen LogP) is 2.45. The molecule has 112 valence electrons. The minimum absolute atomic E-state index is 0.0387. The Morgan fingerprint density at radius 3 is 2.00 bits per heavy atom. The van der Waals surface area contributed by atoms with E-state index in [0.717, 1.165) is 0 Å². The Bertz CT molecular complexity index is 694. The summed E-state index contributed by atoms with van der Waals surface area (Å²) in [6, 6.07) is 14.5. The second-order valence-corrected chi connectivity index (χ2v) is 4.42. The summed E-state index contributed by atoms with van der Waals surface area (Å²) < 4.78 is 5.52. The maximum atomic E-state index is 12.0. The smallest absolute Gasteiger partial charge is 0.325 e. The molecule has 22 heavy (non-hydrogen) atoms. The van der Waals surface area contributed by atoms with Gasteiger partial charge >= 0.3 is 11.9 Å². The third kappa shape index (κ3) is 3.49. The first kappa shape index (κ1) is 15.2. The molecule has 6 nitrogen and oxygen atoms in total. The number of carboxylic acid groups (broad SMARTS) is 2. The molecule has 0 saturated heterocycles. The Labute approximate surface area is 125 Å². The molecule has 0 spiro atoms. The maximum absolute atomic E-state index is 12.0. The first-order valence-corrected chi connectivity index (χ1v) is 6.32. The number of carboxylic acids is 2. The molecule has 2 N–H and O–H groups in total. The molecule has 0 aliphatic carbocycles. The molecular weight excluding hydrogens is 288 g/mol. The third-order valence-electron chi connectivity index (χ3n) is 2.85. The molecule has 2 aromatic carbocycles. The molecular formula is C16H12O6. The SMILES string of the molecule is O=C(O)C(C(=O)O)C(=O)c1cccc(Oc2ccccc2)c1. The summed E-state index contributed by atoms with van der Waals surface area (Å²) in [5.74, 6) is -5.68. The van der Waals surface area contributed by atoms with Crippen LogP contribution in [0.2, 0.25) is 0 Å². The number of para-hydroxylation sites is 1. The highest BCUT2D eigenvalue weighted by atomic mass is 16.5. The molecule has 2 rings (SSSR count). The van der Waals surface area contributed by atoms with Crippen LogP contribution in [0.15, 0.2) is 54.6 Å². The summed E-state index contributed by atoms with van der Waals surface area (Å²) in [6.45, 7) is 0. The summed E-state index contributed by atoms with van der Waals surface area (Å²) in [4.78, 5) is 33.8. The molecule has 0 radical (unpaired) electrons. The Kier molecular flexibility index (Phi) is 4.53. The van der Waals surface area contributed by atoms with Crippen molar-refractivity contribution in [2.75, 3.05) is 0 Å². The van der Waals surface area contributed by atoms with Gasteiger partial charge in [-0.15, -0.1) is 0 Å². The van der Waals surface area contributed by atoms with Gasteiger partial charge in [-0.2, -0.15) is 0 Å². The van der Waals surface area contributed by atoms with Crippen molar-refractivity contribution < 1.29 is 29.3 Å². The number of ether oxygens (including phenoxy) is 1. The van der Waals surface area contributed by atoms with Crippen LogP contribution in [-0.2, 0) is 9.59 Å². The number of rotatable bonds is 6. The van der Waals surface area contributed by atoms with E-state index >= 15 is 0 Å². The van der Waals surface area contributed by atoms with E-state index in [1.165, 1.54) is 18.2 Å². The average Bonchev–Trinajstić information content (AvgIpc) is 2.47. The fraction of sp³-hybridized carbons (Fsp3) is 0.0625. The molecule has 6 heteroatoms. The van der Waals surface area contributed by atoms with Gasteiger partial charge in [-0.3, -0.25) is 14.4 Å². The van der Waals surface area contributed by atoms with E-state index < -0.39 is 23.6 Å². The van der Waals surface area contributed by atoms with Gasteiger partial charge in [-0.1, -0.05) is 30.3 Å². The van der Waals surface area contributed by atoms with Crippen molar-refractivity contribution in [2.24, 2.45) is 5.92 Å². The van der Waals surface area contributed by atoms with Gasteiger partial charge in [-0.25, -0.2) is 0 Å². The van der Waals surface area contributed by atoms with Crippen LogP contribution in [0.3, 0.4) is 0 Å². The van der Waals surface area contributed by atoms with Crippen LogP contribution in [0.25, 0.3) is 0 Å². The maximum Gasteiger partial charge on any atom is 0.325 e. The quantitative estimate of drug-likeness (QED) is 0.627. The van der Waals surface area contributed by atoms with E-state index in [9.17, 15) is 14.4 Å². The van der Waals surface area contributed by atoms with Crippen molar-refractivity contribution >= 4 is 17.7 Å². The summed E-state index contributed by atoms with van der Waals surface area (Å²) in [5, 5.41) is 17.7. The minimum Gasteiger partial charge on any atom is -0.480 e. The Morgan fingerprint density at radius 1 is 0.818 bits per heavy atom. The standard InChI is InChI=1S/C16H12O6/c17-14(13(15(18)19)16(20)21)10-5-4-8-12(9-10)22-11-6-2-1-3-7-11/h1-9,13H,(H,18,19)(H,20,21). The van der Waals surface area contributed by atoms with Crippen LogP contribution in [0, 0.1) is 5.92 Å². The number of aliphatic carboxylic acids is 2. The predicted molar refractivity (Wildman–Crippen MR) is 76.1 cm³/mol. The van der Waals surface area contributed by atoms with Gasteiger partial charge in [0.2, 0.25) is 5.92 Å². The van der Waals surface area contributed by atoms with E-state index in [0.29, 0.717) is 11.5 Å². The van der Waals surface area contributed by atoms with Gasteiger partial charge in [0.15, 0.2) is 5.78 Å². The molecule has 0 unspecified atom stereocenters. The number of carbonyl (C=O) groups excluding carboxylic acids is 1. The Balaban J connectivity index is 2.26. The van der Waals surface area contributed by atoms with E-state index in [-0.39, 0.29) is 5.56 Å². The van der Waals surface area contributed by atoms with Crippen molar-refractivity contribution in [2.45, 2.75) is 0 Å². The number of ketones is 1. The molecule has 0 aromatic heterocycles. The fourth-order valence-electron chi connectivity index (χ4n) is 1.83. The highest BCUT2D eigenvalue weighted by molar-refractivity contribution is 6.20. The lowest BCUT2D eigenvalue weighted by Gasteiger charge is -2.09. The van der Waals surface area contributed by atoms with Gasteiger partial charge in [-0.05, 0) is 24.3 Å². The molecule has 0 bridgehead atoms. The van der Waals surface area contributed by atoms with Gasteiger partial charge in [0, 0.05) is 5.56 Å². The van der Waals surface area contributed by atoms with Crippen molar-refractivity contribution in [3.63, 3.8) is 0 Å². The zero-order valence-electron chi connectivity index (χ0n) is 11.3. The first-order chi connectivity index (χ1) is 10.5. The van der Waals surface area contributed by atoms with Crippen molar-refractivity contribution in [3.8, 4) is 11.5 Å². The van der Waals surface area contributed by atoms with Gasteiger partial charge < -0.3 is 14.9 Å². The minimum atomic E-state index is -2.13. The largest absolute Gasteiger partial charge is 0.480 e. The van der Waals surface area contributed by atoms with Crippen molar-refractivity contribution in [3.05, 3.63) is 60.2 Å². The molecule has 0 atom stereocenters. The number of carbonyl (C=O) groups is 3.